The Labute approximate surface area is 192 Å². The number of carbonyl (C=O) groups excluding carboxylic acids is 2. The fourth-order valence-corrected chi connectivity index (χ4v) is 4.77. The molecule has 8 heteroatoms. The Morgan fingerprint density at radius 1 is 1.22 bits per heavy atom. The molecule has 0 spiro atoms. The summed E-state index contributed by atoms with van der Waals surface area (Å²) in [6.07, 6.45) is 0.795. The minimum absolute atomic E-state index is 0.0733. The first-order valence-electron chi connectivity index (χ1n) is 10.6. The van der Waals surface area contributed by atoms with Gasteiger partial charge in [0.1, 0.15) is 6.10 Å². The molecular weight excluding hydrogens is 424 g/mol. The van der Waals surface area contributed by atoms with Gasteiger partial charge in [0, 0.05) is 21.0 Å². The second-order valence-corrected chi connectivity index (χ2v) is 10.2. The average Bonchev–Trinajstić information content (AvgIpc) is 2.73. The van der Waals surface area contributed by atoms with E-state index in [4.69, 9.17) is 10.00 Å². The number of rotatable bonds is 5. The second kappa shape index (κ2) is 9.96. The van der Waals surface area contributed by atoms with Crippen LogP contribution in [0.3, 0.4) is 0 Å². The van der Waals surface area contributed by atoms with Crippen LogP contribution in [0.15, 0.2) is 47.4 Å². The molecule has 0 radical (unpaired) electrons. The van der Waals surface area contributed by atoms with Gasteiger partial charge in [0.25, 0.3) is 0 Å². The molecule has 168 valence electrons. The Morgan fingerprint density at radius 3 is 2.69 bits per heavy atom. The van der Waals surface area contributed by atoms with Crippen LogP contribution in [0, 0.1) is 11.3 Å². The number of hydrogen-bond donors (Lipinski definition) is 3. The predicted molar refractivity (Wildman–Crippen MR) is 127 cm³/mol. The van der Waals surface area contributed by atoms with Gasteiger partial charge < -0.3 is 15.4 Å². The van der Waals surface area contributed by atoms with E-state index < -0.39 is 6.09 Å². The lowest BCUT2D eigenvalue weighted by Crippen LogP contribution is -2.38. The highest BCUT2D eigenvalue weighted by Crippen LogP contribution is 2.48. The van der Waals surface area contributed by atoms with Crippen molar-refractivity contribution in [2.24, 2.45) is 0 Å². The molecule has 0 aromatic heterocycles. The third-order valence-electron chi connectivity index (χ3n) is 5.15. The molecule has 2 aromatic carbocycles. The first kappa shape index (κ1) is 23.5. The lowest BCUT2D eigenvalue weighted by Gasteiger charge is -2.37. The van der Waals surface area contributed by atoms with Gasteiger partial charge in [-0.2, -0.15) is 5.26 Å². The van der Waals surface area contributed by atoms with Crippen molar-refractivity contribution in [1.29, 1.82) is 5.26 Å². The van der Waals surface area contributed by atoms with E-state index >= 15 is 0 Å². The molecule has 7 nitrogen and oxygen atoms in total. The fraction of sp³-hybridized carbons (Fsp3) is 0.375. The minimum Gasteiger partial charge on any atom is -0.446 e. The SMILES string of the molecule is CCC(C)OC(=O)Nc1ccc2c(c1)C(NC(=O)Nc1cccc(C#N)c1)CC(C)(C)S2. The van der Waals surface area contributed by atoms with Crippen LogP contribution in [0.5, 0.6) is 0 Å². The van der Waals surface area contributed by atoms with Gasteiger partial charge in [-0.3, -0.25) is 5.32 Å². The summed E-state index contributed by atoms with van der Waals surface area (Å²) in [5.41, 5.74) is 2.58. The second-order valence-electron chi connectivity index (χ2n) is 8.41. The number of nitrogens with one attached hydrogen (secondary N) is 3. The zero-order valence-electron chi connectivity index (χ0n) is 18.7. The molecular formula is C24H28N4O3S. The zero-order valence-corrected chi connectivity index (χ0v) is 19.5. The Bertz CT molecular complexity index is 1050. The van der Waals surface area contributed by atoms with Crippen molar-refractivity contribution >= 4 is 35.3 Å². The monoisotopic (exact) mass is 452 g/mol. The largest absolute Gasteiger partial charge is 0.446 e. The van der Waals surface area contributed by atoms with Crippen LogP contribution in [0.4, 0.5) is 21.0 Å². The average molecular weight is 453 g/mol. The van der Waals surface area contributed by atoms with E-state index in [1.54, 1.807) is 36.0 Å². The molecule has 0 saturated heterocycles. The van der Waals surface area contributed by atoms with E-state index in [9.17, 15) is 9.59 Å². The third kappa shape index (κ3) is 6.17. The Morgan fingerprint density at radius 2 is 1.97 bits per heavy atom. The molecule has 2 unspecified atom stereocenters. The van der Waals surface area contributed by atoms with Crippen molar-refractivity contribution in [2.75, 3.05) is 10.6 Å². The van der Waals surface area contributed by atoms with Crippen LogP contribution in [0.1, 0.15) is 57.7 Å². The molecule has 0 bridgehead atoms. The smallest absolute Gasteiger partial charge is 0.411 e. The lowest BCUT2D eigenvalue weighted by molar-refractivity contribution is 0.118. The Balaban J connectivity index is 1.77. The number of ether oxygens (including phenoxy) is 1. The first-order valence-corrected chi connectivity index (χ1v) is 11.4. The van der Waals surface area contributed by atoms with Crippen LogP contribution >= 0.6 is 11.8 Å². The summed E-state index contributed by atoms with van der Waals surface area (Å²) in [7, 11) is 0. The maximum absolute atomic E-state index is 12.7. The number of nitriles is 1. The molecule has 0 aliphatic carbocycles. The van der Waals surface area contributed by atoms with Gasteiger partial charge in [0.15, 0.2) is 0 Å². The van der Waals surface area contributed by atoms with E-state index in [1.165, 1.54) is 0 Å². The standard InChI is InChI=1S/C24H28N4O3S/c1-5-15(2)31-23(30)27-18-9-10-21-19(12-18)20(13-24(3,4)32-21)28-22(29)26-17-8-6-7-16(11-17)14-25/h6-12,15,20H,5,13H2,1-4H3,(H,27,30)(H2,26,28,29). The molecule has 3 N–H and O–H groups in total. The number of benzene rings is 2. The summed E-state index contributed by atoms with van der Waals surface area (Å²) in [5, 5.41) is 17.7. The minimum atomic E-state index is -0.497. The molecule has 1 aliphatic rings. The van der Waals surface area contributed by atoms with Crippen LogP contribution < -0.4 is 16.0 Å². The highest BCUT2D eigenvalue weighted by Gasteiger charge is 2.34. The van der Waals surface area contributed by atoms with E-state index in [2.05, 4.69) is 35.9 Å². The number of nitrogens with zero attached hydrogens (tertiary/aromatic N) is 1. The van der Waals surface area contributed by atoms with Gasteiger partial charge in [0.2, 0.25) is 0 Å². The van der Waals surface area contributed by atoms with Crippen molar-refractivity contribution in [3.05, 3.63) is 53.6 Å². The fourth-order valence-electron chi connectivity index (χ4n) is 3.47. The van der Waals surface area contributed by atoms with Crippen LogP contribution in [0.25, 0.3) is 0 Å². The van der Waals surface area contributed by atoms with Gasteiger partial charge in [-0.15, -0.1) is 11.8 Å². The van der Waals surface area contributed by atoms with Crippen LogP contribution in [-0.2, 0) is 4.74 Å². The molecule has 32 heavy (non-hydrogen) atoms. The lowest BCUT2D eigenvalue weighted by atomic mass is 9.95. The van der Waals surface area contributed by atoms with Crippen molar-refractivity contribution in [3.63, 3.8) is 0 Å². The Hall–Kier alpha value is -3.18. The van der Waals surface area contributed by atoms with Gasteiger partial charge in [-0.05, 0) is 61.7 Å². The summed E-state index contributed by atoms with van der Waals surface area (Å²) in [5.74, 6) is 0. The van der Waals surface area contributed by atoms with Crippen LogP contribution in [-0.4, -0.2) is 23.0 Å². The number of hydrogen-bond acceptors (Lipinski definition) is 5. The number of carbonyl (C=O) groups is 2. The van der Waals surface area contributed by atoms with E-state index in [1.807, 2.05) is 32.0 Å². The van der Waals surface area contributed by atoms with Gasteiger partial charge in [-0.1, -0.05) is 26.8 Å². The van der Waals surface area contributed by atoms with Gasteiger partial charge in [-0.25, -0.2) is 9.59 Å². The first-order chi connectivity index (χ1) is 15.2. The van der Waals surface area contributed by atoms with Crippen LogP contribution in [0.2, 0.25) is 0 Å². The normalized spacial score (nSPS) is 17.3. The van der Waals surface area contributed by atoms with Crippen molar-refractivity contribution < 1.29 is 14.3 Å². The maximum Gasteiger partial charge on any atom is 0.411 e. The zero-order chi connectivity index (χ0) is 23.3. The molecule has 0 fully saturated rings. The molecule has 2 atom stereocenters. The van der Waals surface area contributed by atoms with Crippen molar-refractivity contribution in [2.45, 2.75) is 62.3 Å². The summed E-state index contributed by atoms with van der Waals surface area (Å²) >= 11 is 1.74. The van der Waals surface area contributed by atoms with Gasteiger partial charge >= 0.3 is 12.1 Å². The summed E-state index contributed by atoms with van der Waals surface area (Å²) in [4.78, 5) is 25.9. The number of amides is 3. The molecule has 3 amide bonds. The van der Waals surface area contributed by atoms with E-state index in [0.717, 1.165) is 23.3 Å². The number of anilines is 2. The van der Waals surface area contributed by atoms with E-state index in [0.29, 0.717) is 16.9 Å². The third-order valence-corrected chi connectivity index (χ3v) is 6.46. The molecule has 1 heterocycles. The summed E-state index contributed by atoms with van der Waals surface area (Å²) in [6.45, 7) is 8.07. The molecule has 1 aliphatic heterocycles. The Kier molecular flexibility index (Phi) is 7.31. The summed E-state index contributed by atoms with van der Waals surface area (Å²) < 4.78 is 5.23. The quantitative estimate of drug-likeness (QED) is 0.513. The topological polar surface area (TPSA) is 103 Å². The maximum atomic E-state index is 12.7. The highest BCUT2D eigenvalue weighted by molar-refractivity contribution is 8.00. The van der Waals surface area contributed by atoms with Crippen molar-refractivity contribution in [1.82, 2.24) is 5.32 Å². The molecule has 0 saturated carbocycles. The summed E-state index contributed by atoms with van der Waals surface area (Å²) in [6, 6.07) is 13.9. The van der Waals surface area contributed by atoms with E-state index in [-0.39, 0.29) is 22.9 Å². The molecule has 2 aromatic rings. The number of urea groups is 1. The molecule has 3 rings (SSSR count). The predicted octanol–water partition coefficient (Wildman–Crippen LogP) is 6.04. The highest BCUT2D eigenvalue weighted by atomic mass is 32.2. The number of thioether (sulfide) groups is 1. The number of fused-ring (bicyclic) bond motifs is 1. The van der Waals surface area contributed by atoms with Crippen molar-refractivity contribution in [3.8, 4) is 6.07 Å². The van der Waals surface area contributed by atoms with Gasteiger partial charge in [0.05, 0.1) is 17.7 Å².